The fraction of sp³-hybridized carbons (Fsp3) is 0.267. The Kier molecular flexibility index (Phi) is 4.23. The van der Waals surface area contributed by atoms with Crippen molar-refractivity contribution in [3.63, 3.8) is 0 Å². The van der Waals surface area contributed by atoms with Gasteiger partial charge in [-0.2, -0.15) is 0 Å². The van der Waals surface area contributed by atoms with Crippen LogP contribution in [0.2, 0.25) is 0 Å². The van der Waals surface area contributed by atoms with Gasteiger partial charge in [-0.05, 0) is 37.6 Å². The summed E-state index contributed by atoms with van der Waals surface area (Å²) < 4.78 is 10.8. The maximum atomic E-state index is 11.9. The number of nitrogens with one attached hydrogen (secondary N) is 1. The van der Waals surface area contributed by atoms with Crippen molar-refractivity contribution in [1.82, 2.24) is 5.32 Å². The molecule has 1 aromatic carbocycles. The number of aryl methyl sites for hydroxylation is 1. The predicted octanol–water partition coefficient (Wildman–Crippen LogP) is 2.67. The molecule has 19 heavy (non-hydrogen) atoms. The predicted molar refractivity (Wildman–Crippen MR) is 71.8 cm³/mol. The molecule has 2 aromatic rings. The maximum absolute atomic E-state index is 11.9. The number of carbonyl (C=O) groups is 1. The second kappa shape index (κ2) is 6.09. The number of furan rings is 1. The average molecular weight is 259 g/mol. The van der Waals surface area contributed by atoms with Crippen LogP contribution in [-0.2, 0) is 11.3 Å². The van der Waals surface area contributed by atoms with Crippen molar-refractivity contribution >= 4 is 5.91 Å². The Morgan fingerprint density at radius 2 is 2.11 bits per heavy atom. The summed E-state index contributed by atoms with van der Waals surface area (Å²) in [6, 6.07) is 11.2. The van der Waals surface area contributed by atoms with E-state index >= 15 is 0 Å². The standard InChI is InChI=1S/C15H17NO3/c1-11-6-3-4-8-14(11)19-12(2)15(17)16-10-13-7-5-9-18-13/h3-9,12H,10H2,1-2H3,(H,16,17)/t12-/m0/s1. The summed E-state index contributed by atoms with van der Waals surface area (Å²) in [5, 5.41) is 2.77. The van der Waals surface area contributed by atoms with Crippen LogP contribution in [0.3, 0.4) is 0 Å². The summed E-state index contributed by atoms with van der Waals surface area (Å²) in [5.74, 6) is 1.28. The summed E-state index contributed by atoms with van der Waals surface area (Å²) in [5.41, 5.74) is 1.01. The van der Waals surface area contributed by atoms with Crippen LogP contribution in [0.15, 0.2) is 47.1 Å². The first-order valence-corrected chi connectivity index (χ1v) is 6.19. The highest BCUT2D eigenvalue weighted by Crippen LogP contribution is 2.17. The van der Waals surface area contributed by atoms with E-state index in [-0.39, 0.29) is 5.91 Å². The van der Waals surface area contributed by atoms with Gasteiger partial charge in [0.2, 0.25) is 0 Å². The van der Waals surface area contributed by atoms with E-state index in [9.17, 15) is 4.79 Å². The largest absolute Gasteiger partial charge is 0.481 e. The Balaban J connectivity index is 1.87. The van der Waals surface area contributed by atoms with Crippen molar-refractivity contribution in [1.29, 1.82) is 0 Å². The zero-order valence-electron chi connectivity index (χ0n) is 11.1. The molecular weight excluding hydrogens is 242 g/mol. The van der Waals surface area contributed by atoms with Gasteiger partial charge < -0.3 is 14.5 Å². The summed E-state index contributed by atoms with van der Waals surface area (Å²) in [6.45, 7) is 4.04. The van der Waals surface area contributed by atoms with Crippen LogP contribution in [0.5, 0.6) is 5.75 Å². The molecule has 0 aliphatic rings. The molecule has 1 amide bonds. The van der Waals surface area contributed by atoms with Crippen LogP contribution >= 0.6 is 0 Å². The van der Waals surface area contributed by atoms with E-state index in [1.54, 1.807) is 19.3 Å². The Morgan fingerprint density at radius 1 is 1.32 bits per heavy atom. The number of benzene rings is 1. The summed E-state index contributed by atoms with van der Waals surface area (Å²) in [4.78, 5) is 11.9. The summed E-state index contributed by atoms with van der Waals surface area (Å²) in [7, 11) is 0. The fourth-order valence-corrected chi connectivity index (χ4v) is 1.66. The molecule has 0 unspecified atom stereocenters. The van der Waals surface area contributed by atoms with E-state index in [1.165, 1.54) is 0 Å². The van der Waals surface area contributed by atoms with Crippen LogP contribution in [0.1, 0.15) is 18.2 Å². The van der Waals surface area contributed by atoms with Crippen LogP contribution in [0.4, 0.5) is 0 Å². The van der Waals surface area contributed by atoms with E-state index in [4.69, 9.17) is 9.15 Å². The van der Waals surface area contributed by atoms with Gasteiger partial charge in [-0.15, -0.1) is 0 Å². The molecule has 1 heterocycles. The maximum Gasteiger partial charge on any atom is 0.261 e. The van der Waals surface area contributed by atoms with E-state index in [2.05, 4.69) is 5.32 Å². The van der Waals surface area contributed by atoms with Gasteiger partial charge in [0.05, 0.1) is 12.8 Å². The molecule has 4 nitrogen and oxygen atoms in total. The van der Waals surface area contributed by atoms with Crippen LogP contribution in [0, 0.1) is 6.92 Å². The lowest BCUT2D eigenvalue weighted by atomic mass is 10.2. The van der Waals surface area contributed by atoms with Gasteiger partial charge in [-0.3, -0.25) is 4.79 Å². The minimum absolute atomic E-state index is 0.167. The zero-order chi connectivity index (χ0) is 13.7. The third-order valence-corrected chi connectivity index (χ3v) is 2.78. The quantitative estimate of drug-likeness (QED) is 0.898. The molecule has 0 aliphatic heterocycles. The number of ether oxygens (including phenoxy) is 1. The molecule has 1 aromatic heterocycles. The molecule has 1 atom stereocenters. The number of carbonyl (C=O) groups excluding carboxylic acids is 1. The first kappa shape index (κ1) is 13.2. The molecule has 4 heteroatoms. The third-order valence-electron chi connectivity index (χ3n) is 2.78. The Morgan fingerprint density at radius 3 is 2.79 bits per heavy atom. The van der Waals surface area contributed by atoms with E-state index < -0.39 is 6.10 Å². The second-order valence-corrected chi connectivity index (χ2v) is 4.32. The highest BCUT2D eigenvalue weighted by Gasteiger charge is 2.15. The lowest BCUT2D eigenvalue weighted by molar-refractivity contribution is -0.127. The van der Waals surface area contributed by atoms with Crippen molar-refractivity contribution in [2.45, 2.75) is 26.5 Å². The van der Waals surface area contributed by atoms with Gasteiger partial charge in [-0.1, -0.05) is 18.2 Å². The molecule has 2 rings (SSSR count). The molecule has 0 fully saturated rings. The topological polar surface area (TPSA) is 51.5 Å². The average Bonchev–Trinajstić information content (AvgIpc) is 2.91. The van der Waals surface area contributed by atoms with Crippen LogP contribution in [-0.4, -0.2) is 12.0 Å². The first-order valence-electron chi connectivity index (χ1n) is 6.19. The van der Waals surface area contributed by atoms with Gasteiger partial charge >= 0.3 is 0 Å². The summed E-state index contributed by atoms with van der Waals surface area (Å²) >= 11 is 0. The monoisotopic (exact) mass is 259 g/mol. The first-order chi connectivity index (χ1) is 9.16. The highest BCUT2D eigenvalue weighted by molar-refractivity contribution is 5.80. The van der Waals surface area contributed by atoms with Gasteiger partial charge in [-0.25, -0.2) is 0 Å². The smallest absolute Gasteiger partial charge is 0.261 e. The number of para-hydroxylation sites is 1. The molecular formula is C15H17NO3. The van der Waals surface area contributed by atoms with Crippen molar-refractivity contribution in [3.05, 3.63) is 54.0 Å². The van der Waals surface area contributed by atoms with Gasteiger partial charge in [0.15, 0.2) is 6.10 Å². The molecule has 0 bridgehead atoms. The Hall–Kier alpha value is -2.23. The Labute approximate surface area is 112 Å². The van der Waals surface area contributed by atoms with E-state index in [0.717, 1.165) is 17.1 Å². The normalized spacial score (nSPS) is 11.9. The van der Waals surface area contributed by atoms with Crippen molar-refractivity contribution in [3.8, 4) is 5.75 Å². The molecule has 100 valence electrons. The number of rotatable bonds is 5. The van der Waals surface area contributed by atoms with Crippen molar-refractivity contribution in [2.75, 3.05) is 0 Å². The number of amides is 1. The zero-order valence-corrected chi connectivity index (χ0v) is 11.1. The lowest BCUT2D eigenvalue weighted by Gasteiger charge is -2.15. The molecule has 0 spiro atoms. The van der Waals surface area contributed by atoms with E-state index in [1.807, 2.05) is 37.3 Å². The third kappa shape index (κ3) is 3.61. The van der Waals surface area contributed by atoms with E-state index in [0.29, 0.717) is 6.54 Å². The molecule has 0 aliphatic carbocycles. The van der Waals surface area contributed by atoms with Gasteiger partial charge in [0.25, 0.3) is 5.91 Å². The van der Waals surface area contributed by atoms with Crippen LogP contribution in [0.25, 0.3) is 0 Å². The molecule has 0 saturated heterocycles. The minimum atomic E-state index is -0.545. The molecule has 1 N–H and O–H groups in total. The Bertz CT molecular complexity index is 534. The number of hydrogen-bond acceptors (Lipinski definition) is 3. The molecule has 0 radical (unpaired) electrons. The van der Waals surface area contributed by atoms with Crippen molar-refractivity contribution < 1.29 is 13.9 Å². The van der Waals surface area contributed by atoms with Gasteiger partial charge in [0.1, 0.15) is 11.5 Å². The fourth-order valence-electron chi connectivity index (χ4n) is 1.66. The molecule has 0 saturated carbocycles. The second-order valence-electron chi connectivity index (χ2n) is 4.32. The minimum Gasteiger partial charge on any atom is -0.481 e. The number of hydrogen-bond donors (Lipinski definition) is 1. The highest BCUT2D eigenvalue weighted by atomic mass is 16.5. The SMILES string of the molecule is Cc1ccccc1O[C@@H](C)C(=O)NCc1ccco1. The summed E-state index contributed by atoms with van der Waals surface area (Å²) in [6.07, 6.45) is 1.03. The lowest BCUT2D eigenvalue weighted by Crippen LogP contribution is -2.35. The van der Waals surface area contributed by atoms with Crippen LogP contribution < -0.4 is 10.1 Å². The van der Waals surface area contributed by atoms with Gasteiger partial charge in [0, 0.05) is 0 Å². The van der Waals surface area contributed by atoms with Crippen molar-refractivity contribution in [2.24, 2.45) is 0 Å².